The van der Waals surface area contributed by atoms with E-state index in [0.29, 0.717) is 6.04 Å². The molecule has 0 aliphatic rings. The molecule has 4 nitrogen and oxygen atoms in total. The van der Waals surface area contributed by atoms with E-state index in [4.69, 9.17) is 4.74 Å². The van der Waals surface area contributed by atoms with Crippen LogP contribution < -0.4 is 5.32 Å². The van der Waals surface area contributed by atoms with Crippen LogP contribution in [0.2, 0.25) is 0 Å². The molecule has 0 saturated carbocycles. The molecule has 0 aromatic carbocycles. The van der Waals surface area contributed by atoms with Crippen LogP contribution >= 0.6 is 0 Å². The number of nitrogens with zero attached hydrogens (tertiary/aromatic N) is 1. The van der Waals surface area contributed by atoms with Gasteiger partial charge in [0.15, 0.2) is 0 Å². The molecule has 0 aliphatic heterocycles. The van der Waals surface area contributed by atoms with E-state index in [0.717, 1.165) is 32.7 Å². The van der Waals surface area contributed by atoms with Crippen LogP contribution in [-0.2, 0) is 4.74 Å². The molecule has 0 bridgehead atoms. The normalized spacial score (nSPS) is 15.5. The summed E-state index contributed by atoms with van der Waals surface area (Å²) >= 11 is 0. The second-order valence-corrected chi connectivity index (χ2v) is 5.12. The van der Waals surface area contributed by atoms with Gasteiger partial charge in [0.05, 0.1) is 13.2 Å². The lowest BCUT2D eigenvalue weighted by atomic mass is 9.98. The highest BCUT2D eigenvalue weighted by atomic mass is 16.5. The predicted molar refractivity (Wildman–Crippen MR) is 72.4 cm³/mol. The van der Waals surface area contributed by atoms with Crippen molar-refractivity contribution in [2.45, 2.75) is 45.7 Å². The van der Waals surface area contributed by atoms with E-state index in [2.05, 4.69) is 37.9 Å². The summed E-state index contributed by atoms with van der Waals surface area (Å²) in [5.74, 6) is 0. The first-order valence-corrected chi connectivity index (χ1v) is 6.58. The van der Waals surface area contributed by atoms with E-state index in [1.54, 1.807) is 7.11 Å². The lowest BCUT2D eigenvalue weighted by Gasteiger charge is -2.33. The van der Waals surface area contributed by atoms with E-state index in [1.807, 2.05) is 0 Å². The summed E-state index contributed by atoms with van der Waals surface area (Å²) in [5, 5.41) is 12.8. The minimum atomic E-state index is -0.172. The van der Waals surface area contributed by atoms with Gasteiger partial charge in [0.1, 0.15) is 0 Å². The van der Waals surface area contributed by atoms with Crippen LogP contribution in [0.1, 0.15) is 34.1 Å². The third kappa shape index (κ3) is 6.99. The van der Waals surface area contributed by atoms with Gasteiger partial charge in [0.25, 0.3) is 0 Å². The second kappa shape index (κ2) is 8.86. The molecule has 0 aromatic rings. The van der Waals surface area contributed by atoms with Gasteiger partial charge in [-0.1, -0.05) is 6.92 Å². The highest BCUT2D eigenvalue weighted by molar-refractivity contribution is 4.83. The third-order valence-electron chi connectivity index (χ3n) is 3.22. The van der Waals surface area contributed by atoms with Gasteiger partial charge >= 0.3 is 0 Å². The monoisotopic (exact) mass is 246 g/mol. The fraction of sp³-hybridized carbons (Fsp3) is 1.00. The summed E-state index contributed by atoms with van der Waals surface area (Å²) in [6.45, 7) is 12.3. The highest BCUT2D eigenvalue weighted by Crippen LogP contribution is 2.11. The van der Waals surface area contributed by atoms with E-state index < -0.39 is 0 Å². The summed E-state index contributed by atoms with van der Waals surface area (Å²) in [6.07, 6.45) is 0.944. The fourth-order valence-corrected chi connectivity index (χ4v) is 1.88. The van der Waals surface area contributed by atoms with Gasteiger partial charge < -0.3 is 15.2 Å². The van der Waals surface area contributed by atoms with Crippen molar-refractivity contribution in [1.29, 1.82) is 0 Å². The molecule has 0 amide bonds. The summed E-state index contributed by atoms with van der Waals surface area (Å²) < 4.78 is 5.12. The number of aliphatic hydroxyl groups is 1. The Morgan fingerprint density at radius 3 is 2.41 bits per heavy atom. The van der Waals surface area contributed by atoms with Gasteiger partial charge in [0.2, 0.25) is 0 Å². The Morgan fingerprint density at radius 2 is 2.00 bits per heavy atom. The number of likely N-dealkylation sites (N-methyl/N-ethyl adjacent to an activating group) is 1. The third-order valence-corrected chi connectivity index (χ3v) is 3.22. The van der Waals surface area contributed by atoms with Crippen LogP contribution in [0.4, 0.5) is 0 Å². The van der Waals surface area contributed by atoms with Gasteiger partial charge in [-0.05, 0) is 33.7 Å². The van der Waals surface area contributed by atoms with Crippen LogP contribution in [0.25, 0.3) is 0 Å². The molecular weight excluding hydrogens is 216 g/mol. The maximum atomic E-state index is 9.44. The molecule has 1 atom stereocenters. The molecule has 2 N–H and O–H groups in total. The first-order chi connectivity index (χ1) is 7.99. The van der Waals surface area contributed by atoms with Crippen molar-refractivity contribution in [2.24, 2.45) is 0 Å². The number of hydrogen-bond donors (Lipinski definition) is 2. The van der Waals surface area contributed by atoms with Crippen molar-refractivity contribution in [3.05, 3.63) is 0 Å². The number of methoxy groups -OCH3 is 1. The van der Waals surface area contributed by atoms with Gasteiger partial charge in [0, 0.05) is 31.8 Å². The van der Waals surface area contributed by atoms with Crippen LogP contribution in [-0.4, -0.2) is 61.5 Å². The van der Waals surface area contributed by atoms with Crippen molar-refractivity contribution in [3.8, 4) is 0 Å². The zero-order valence-corrected chi connectivity index (χ0v) is 12.1. The number of aliphatic hydroxyl groups excluding tert-OH is 1. The molecule has 104 valence electrons. The zero-order valence-electron chi connectivity index (χ0n) is 12.1. The van der Waals surface area contributed by atoms with E-state index in [9.17, 15) is 5.11 Å². The van der Waals surface area contributed by atoms with Crippen LogP contribution in [0.3, 0.4) is 0 Å². The Kier molecular flexibility index (Phi) is 8.78. The lowest BCUT2D eigenvalue weighted by Crippen LogP contribution is -2.49. The molecule has 0 saturated heterocycles. The van der Waals surface area contributed by atoms with Crippen LogP contribution in [0.5, 0.6) is 0 Å². The molecule has 0 rings (SSSR count). The molecule has 4 heteroatoms. The van der Waals surface area contributed by atoms with E-state index >= 15 is 0 Å². The van der Waals surface area contributed by atoms with Crippen LogP contribution in [0, 0.1) is 0 Å². The first kappa shape index (κ1) is 16.8. The average Bonchev–Trinajstić information content (AvgIpc) is 2.29. The fourth-order valence-electron chi connectivity index (χ4n) is 1.88. The van der Waals surface area contributed by atoms with Gasteiger partial charge in [-0.2, -0.15) is 0 Å². The number of hydrogen-bond acceptors (Lipinski definition) is 4. The molecule has 17 heavy (non-hydrogen) atoms. The smallest absolute Gasteiger partial charge is 0.0611 e. The topological polar surface area (TPSA) is 44.7 Å². The van der Waals surface area contributed by atoms with Gasteiger partial charge in [-0.25, -0.2) is 0 Å². The first-order valence-electron chi connectivity index (χ1n) is 6.58. The van der Waals surface area contributed by atoms with Crippen molar-refractivity contribution in [1.82, 2.24) is 10.2 Å². The maximum absolute atomic E-state index is 9.44. The molecular formula is C13H30N2O2. The Labute approximate surface area is 106 Å². The average molecular weight is 246 g/mol. The Balaban J connectivity index is 4.17. The molecule has 0 heterocycles. The number of nitrogens with one attached hydrogen (secondary N) is 1. The Morgan fingerprint density at radius 1 is 1.35 bits per heavy atom. The summed E-state index contributed by atoms with van der Waals surface area (Å²) in [5.41, 5.74) is -0.172. The van der Waals surface area contributed by atoms with Crippen molar-refractivity contribution >= 4 is 0 Å². The predicted octanol–water partition coefficient (Wildman–Crippen LogP) is 1.09. The van der Waals surface area contributed by atoms with Gasteiger partial charge in [-0.3, -0.25) is 4.90 Å². The number of ether oxygens (including phenoxy) is 1. The van der Waals surface area contributed by atoms with Gasteiger partial charge in [-0.15, -0.1) is 0 Å². The number of rotatable bonds is 10. The quantitative estimate of drug-likeness (QED) is 0.606. The molecule has 1 unspecified atom stereocenters. The Bertz CT molecular complexity index is 188. The highest BCUT2D eigenvalue weighted by Gasteiger charge is 2.23. The molecule has 0 spiro atoms. The SMILES string of the molecule is CCNC(C)(CO)CCN(CCOC)C(C)C. The van der Waals surface area contributed by atoms with E-state index in [1.165, 1.54) is 0 Å². The molecule has 0 aliphatic carbocycles. The molecule has 0 radical (unpaired) electrons. The van der Waals surface area contributed by atoms with Crippen molar-refractivity contribution in [2.75, 3.05) is 40.0 Å². The largest absolute Gasteiger partial charge is 0.394 e. The standard InChI is InChI=1S/C13H30N2O2/c1-6-14-13(4,11-16)7-8-15(12(2)3)9-10-17-5/h12,14,16H,6-11H2,1-5H3. The second-order valence-electron chi connectivity index (χ2n) is 5.12. The minimum Gasteiger partial charge on any atom is -0.394 e. The lowest BCUT2D eigenvalue weighted by molar-refractivity contribution is 0.106. The van der Waals surface area contributed by atoms with Crippen molar-refractivity contribution in [3.63, 3.8) is 0 Å². The zero-order chi connectivity index (χ0) is 13.3. The Hall–Kier alpha value is -0.160. The summed E-state index contributed by atoms with van der Waals surface area (Å²) in [6, 6.07) is 0.509. The summed E-state index contributed by atoms with van der Waals surface area (Å²) in [7, 11) is 1.73. The van der Waals surface area contributed by atoms with Crippen molar-refractivity contribution < 1.29 is 9.84 Å². The van der Waals surface area contributed by atoms with Crippen LogP contribution in [0.15, 0.2) is 0 Å². The summed E-state index contributed by atoms with van der Waals surface area (Å²) in [4.78, 5) is 2.38. The molecule has 0 fully saturated rings. The minimum absolute atomic E-state index is 0.172. The molecule has 0 aromatic heterocycles. The maximum Gasteiger partial charge on any atom is 0.0611 e. The van der Waals surface area contributed by atoms with E-state index in [-0.39, 0.29) is 12.1 Å².